The number of fused-ring (bicyclic) bond motifs is 2. The Hall–Kier alpha value is -8.36. The molecule has 0 bridgehead atoms. The summed E-state index contributed by atoms with van der Waals surface area (Å²) in [6.45, 7) is 4.11. The lowest BCUT2D eigenvalue weighted by Crippen LogP contribution is -2.34. The van der Waals surface area contributed by atoms with Gasteiger partial charge < -0.3 is 40.6 Å². The van der Waals surface area contributed by atoms with Crippen molar-refractivity contribution in [2.45, 2.75) is 51.6 Å². The number of aryl methyl sites for hydroxylation is 2. The number of rotatable bonds is 11. The number of hydrogen-bond acceptors (Lipinski definition) is 12. The van der Waals surface area contributed by atoms with Crippen LogP contribution in [0.1, 0.15) is 79.3 Å². The van der Waals surface area contributed by atoms with Crippen molar-refractivity contribution in [1.29, 1.82) is 0 Å². The number of amides is 3. The molecule has 2 atom stereocenters. The molecule has 2 aliphatic rings. The molecule has 386 valence electrons. The maximum Gasteiger partial charge on any atom is 0.419 e. The zero-order valence-corrected chi connectivity index (χ0v) is 40.8. The largest absolute Gasteiger partial charge is 0.492 e. The molecule has 0 aliphatic carbocycles. The van der Waals surface area contributed by atoms with E-state index in [4.69, 9.17) is 24.7 Å². The van der Waals surface area contributed by atoms with Crippen LogP contribution in [0.2, 0.25) is 0 Å². The number of carbonyl (C=O) groups excluding carboxylic acids is 4. The second kappa shape index (κ2) is 26.4. The summed E-state index contributed by atoms with van der Waals surface area (Å²) >= 11 is 0. The number of nitrogens with zero attached hydrogens (tertiary/aromatic N) is 4. The highest BCUT2D eigenvalue weighted by Crippen LogP contribution is 2.38. The fourth-order valence-electron chi connectivity index (χ4n) is 7.54. The van der Waals surface area contributed by atoms with E-state index in [1.165, 1.54) is 71.7 Å². The van der Waals surface area contributed by atoms with Gasteiger partial charge in [0.05, 0.1) is 49.2 Å². The van der Waals surface area contributed by atoms with E-state index in [0.29, 0.717) is 61.4 Å². The third kappa shape index (κ3) is 14.6. The molecule has 74 heavy (non-hydrogen) atoms. The molecule has 7 aromatic rings. The number of nitrogens with two attached hydrogens (primary N) is 1. The number of alkyl carbamates (subject to hydrolysis) is 1. The molecule has 5 heterocycles. The van der Waals surface area contributed by atoms with Crippen molar-refractivity contribution in [2.24, 2.45) is 5.73 Å². The highest BCUT2D eigenvalue weighted by atomic mass is 35.5. The molecule has 2 aliphatic heterocycles. The van der Waals surface area contributed by atoms with Gasteiger partial charge in [0.2, 0.25) is 0 Å². The summed E-state index contributed by atoms with van der Waals surface area (Å²) in [7, 11) is 0. The number of benzene rings is 4. The maximum atomic E-state index is 14.8. The summed E-state index contributed by atoms with van der Waals surface area (Å²) < 4.78 is 78.2. The van der Waals surface area contributed by atoms with Gasteiger partial charge >= 0.3 is 12.2 Å². The van der Waals surface area contributed by atoms with Crippen LogP contribution in [0.3, 0.4) is 0 Å². The Bertz CT molecular complexity index is 3050. The lowest BCUT2D eigenvalue weighted by atomic mass is 9.96. The Labute approximate surface area is 429 Å². The van der Waals surface area contributed by atoms with Gasteiger partial charge in [-0.2, -0.15) is 0 Å². The van der Waals surface area contributed by atoms with E-state index >= 15 is 0 Å². The van der Waals surface area contributed by atoms with Crippen molar-refractivity contribution in [1.82, 2.24) is 24.8 Å². The van der Waals surface area contributed by atoms with E-state index in [-0.39, 0.29) is 71.0 Å². The van der Waals surface area contributed by atoms with Gasteiger partial charge in [-0.05, 0) is 110 Å². The van der Waals surface area contributed by atoms with Gasteiger partial charge in [-0.3, -0.25) is 19.6 Å². The van der Waals surface area contributed by atoms with Gasteiger partial charge in [-0.25, -0.2) is 36.7 Å². The number of imidazole rings is 1. The van der Waals surface area contributed by atoms with E-state index in [0.717, 1.165) is 17.5 Å². The monoisotopic (exact) mass is 1040 g/mol. The average Bonchev–Trinajstić information content (AvgIpc) is 3.93. The fraction of sp³-hybridized carbons (Fsp3) is 0.226. The van der Waals surface area contributed by atoms with Crippen LogP contribution in [0, 0.1) is 37.1 Å². The summed E-state index contributed by atoms with van der Waals surface area (Å²) in [6, 6.07) is 23.3. The Morgan fingerprint density at radius 3 is 1.69 bits per heavy atom. The van der Waals surface area contributed by atoms with Crippen molar-refractivity contribution < 1.29 is 55.7 Å². The van der Waals surface area contributed by atoms with Crippen LogP contribution in [0.25, 0.3) is 0 Å². The van der Waals surface area contributed by atoms with E-state index in [2.05, 4.69) is 30.9 Å². The zero-order valence-electron chi connectivity index (χ0n) is 40.0. The third-order valence-corrected chi connectivity index (χ3v) is 11.3. The van der Waals surface area contributed by atoms with Crippen molar-refractivity contribution in [3.05, 3.63) is 196 Å². The number of hydrogen-bond donors (Lipinski definition) is 4. The Balaban J connectivity index is 0.000000193. The molecule has 3 aromatic heterocycles. The fourth-order valence-corrected chi connectivity index (χ4v) is 7.54. The van der Waals surface area contributed by atoms with Crippen molar-refractivity contribution in [3.63, 3.8) is 0 Å². The minimum absolute atomic E-state index is 0. The highest BCUT2D eigenvalue weighted by Gasteiger charge is 2.31. The number of pyridine rings is 2. The first kappa shape index (κ1) is 55.0. The van der Waals surface area contributed by atoms with Gasteiger partial charge in [-0.15, -0.1) is 12.4 Å². The average molecular weight is 1040 g/mol. The molecular weight excluding hydrogens is 988 g/mol. The van der Waals surface area contributed by atoms with Crippen molar-refractivity contribution >= 4 is 47.8 Å². The molecule has 0 saturated heterocycles. The van der Waals surface area contributed by atoms with Crippen molar-refractivity contribution in [2.75, 3.05) is 37.1 Å². The predicted octanol–water partition coefficient (Wildman–Crippen LogP) is 9.95. The van der Waals surface area contributed by atoms with E-state index in [1.807, 2.05) is 30.3 Å². The number of carbonyl (C=O) groups is 4. The Morgan fingerprint density at radius 1 is 0.662 bits per heavy atom. The number of aromatic nitrogens is 4. The van der Waals surface area contributed by atoms with E-state index in [1.54, 1.807) is 38.5 Å². The summed E-state index contributed by atoms with van der Waals surface area (Å²) in [4.78, 5) is 61.1. The van der Waals surface area contributed by atoms with E-state index < -0.39 is 47.7 Å². The Morgan fingerprint density at radius 2 is 1.18 bits per heavy atom. The lowest BCUT2D eigenvalue weighted by molar-refractivity contribution is 0.101. The van der Waals surface area contributed by atoms with Gasteiger partial charge in [-0.1, -0.05) is 12.1 Å². The van der Waals surface area contributed by atoms with Crippen LogP contribution in [0.4, 0.5) is 38.5 Å². The van der Waals surface area contributed by atoms with Crippen LogP contribution in [0.15, 0.2) is 128 Å². The first-order chi connectivity index (χ1) is 35.2. The van der Waals surface area contributed by atoms with Crippen LogP contribution in [-0.4, -0.2) is 69.9 Å². The van der Waals surface area contributed by atoms with Crippen LogP contribution < -0.4 is 31.2 Å². The molecular formula is C53H51ClF4N8O8. The predicted molar refractivity (Wildman–Crippen MR) is 267 cm³/mol. The second-order valence-electron chi connectivity index (χ2n) is 16.5. The molecule has 4 aromatic carbocycles. The highest BCUT2D eigenvalue weighted by molar-refractivity contribution is 6.07. The number of halogens is 5. The third-order valence-electron chi connectivity index (χ3n) is 11.3. The van der Waals surface area contributed by atoms with Gasteiger partial charge in [0.1, 0.15) is 41.1 Å². The van der Waals surface area contributed by atoms with Gasteiger partial charge in [0.25, 0.3) is 11.8 Å². The quantitative estimate of drug-likeness (QED) is 0.0892. The number of nitrogens with one attached hydrogen (secondary N) is 3. The SMILES string of the molecule is Cc1cc(NC(=O)c2ccc(F)c3c2OCC[C@@H]3N)ccc1F.Cc1cc(NC(=O)c2ccc(F)c3c2OCC[C@@H]3NC(=O)OCCc2ccccn2)ccc1F.Cl.O=C(OCCc1ccccn1)n1ccnc1. The lowest BCUT2D eigenvalue weighted by Gasteiger charge is -2.28. The van der Waals surface area contributed by atoms with Crippen molar-refractivity contribution in [3.8, 4) is 11.5 Å². The summed E-state index contributed by atoms with van der Waals surface area (Å²) in [5.41, 5.74) is 9.85. The summed E-state index contributed by atoms with van der Waals surface area (Å²) in [5.74, 6) is -2.59. The van der Waals surface area contributed by atoms with Gasteiger partial charge in [0.15, 0.2) is 0 Å². The molecule has 21 heteroatoms. The molecule has 0 fully saturated rings. The van der Waals surface area contributed by atoms with E-state index in [9.17, 15) is 36.7 Å². The molecule has 0 saturated carbocycles. The van der Waals surface area contributed by atoms with Crippen LogP contribution >= 0.6 is 12.4 Å². The second-order valence-corrected chi connectivity index (χ2v) is 16.5. The molecule has 9 rings (SSSR count). The zero-order chi connectivity index (χ0) is 51.9. The summed E-state index contributed by atoms with van der Waals surface area (Å²) in [5, 5.41) is 7.99. The first-order valence-electron chi connectivity index (χ1n) is 22.9. The molecule has 5 N–H and O–H groups in total. The minimum Gasteiger partial charge on any atom is -0.492 e. The van der Waals surface area contributed by atoms with Crippen LogP contribution in [0.5, 0.6) is 11.5 Å². The minimum atomic E-state index is -0.730. The molecule has 3 amide bonds. The van der Waals surface area contributed by atoms with Gasteiger partial charge in [0, 0.05) is 84.8 Å². The molecule has 0 spiro atoms. The number of anilines is 2. The first-order valence-corrected chi connectivity index (χ1v) is 22.9. The summed E-state index contributed by atoms with van der Waals surface area (Å²) in [6.07, 6.45) is 8.58. The number of ether oxygens (including phenoxy) is 4. The van der Waals surface area contributed by atoms with Crippen LogP contribution in [-0.2, 0) is 22.3 Å². The topological polar surface area (TPSA) is 211 Å². The Kier molecular flexibility index (Phi) is 19.6. The smallest absolute Gasteiger partial charge is 0.419 e. The molecule has 0 radical (unpaired) electrons. The normalized spacial score (nSPS) is 13.9. The molecule has 16 nitrogen and oxygen atoms in total. The molecule has 0 unspecified atom stereocenters. The maximum absolute atomic E-state index is 14.8. The standard InChI is InChI=1S/C25H23F2N3O4.C17H16F2N2O2.C11H11N3O2.ClH/c1-15-14-17(5-7-19(15)26)29-24(31)18-6-8-20(27)22-21(10-13-33-23(18)22)30-25(32)34-12-9-16-4-2-3-11-28-16;1-9-8-10(2-4-12(9)18)21-17(22)11-3-5-13(19)15-14(20)6-7-23-16(11)15;15-11(14-7-6-12-9-14)16-8-4-10-3-1-2-5-13-10;/h2-8,11,14,21H,9-10,12-13H2,1H3,(H,29,31)(H,30,32);2-5,8,14H,6-7,20H2,1H3,(H,21,22);1-3,5-7,9H,4,8H2;1H/t21-;14-;;/m00../s1.